The van der Waals surface area contributed by atoms with Crippen molar-refractivity contribution in [1.82, 2.24) is 9.88 Å². The van der Waals surface area contributed by atoms with Gasteiger partial charge in [0, 0.05) is 38.4 Å². The predicted molar refractivity (Wildman–Crippen MR) is 138 cm³/mol. The normalized spacial score (nSPS) is 15.6. The molecule has 2 heterocycles. The van der Waals surface area contributed by atoms with Gasteiger partial charge in [0.2, 0.25) is 0 Å². The number of aliphatic hydroxyl groups is 1. The molecule has 0 unspecified atom stereocenters. The number of alkyl halides is 3. The number of hydrogen-bond acceptors (Lipinski definition) is 7. The highest BCUT2D eigenvalue weighted by Crippen LogP contribution is 2.33. The number of nitrogens with one attached hydrogen (secondary N) is 1. The smallest absolute Gasteiger partial charge is 0.379 e. The lowest BCUT2D eigenvalue weighted by Crippen LogP contribution is -2.54. The zero-order valence-electron chi connectivity index (χ0n) is 21.0. The topological polar surface area (TPSA) is 116 Å². The molecule has 3 aromatic rings. The zero-order valence-corrected chi connectivity index (χ0v) is 21.0. The molecule has 0 spiro atoms. The number of carbonyl (C=O) groups excluding carboxylic acids is 1. The average Bonchev–Trinajstić information content (AvgIpc) is 2.93. The minimum atomic E-state index is -4.81. The van der Waals surface area contributed by atoms with Crippen molar-refractivity contribution in [2.45, 2.75) is 18.7 Å². The summed E-state index contributed by atoms with van der Waals surface area (Å²) in [5, 5.41) is 30.9. The van der Waals surface area contributed by atoms with Crippen LogP contribution in [0.4, 0.5) is 24.5 Å². The molecule has 0 radical (unpaired) electrons. The number of nitriles is 2. The lowest BCUT2D eigenvalue weighted by Gasteiger charge is -2.38. The molecule has 1 aliphatic heterocycles. The molecule has 0 aliphatic carbocycles. The Balaban J connectivity index is 1.33. The van der Waals surface area contributed by atoms with Crippen LogP contribution >= 0.6 is 0 Å². The Morgan fingerprint density at radius 3 is 2.13 bits per heavy atom. The quantitative estimate of drug-likeness (QED) is 0.491. The Hall–Kier alpha value is -4.45. The molecule has 0 bridgehead atoms. The number of pyridine rings is 1. The van der Waals surface area contributed by atoms with E-state index in [9.17, 15) is 23.1 Å². The van der Waals surface area contributed by atoms with Crippen LogP contribution in [-0.2, 0) is 11.0 Å². The maximum atomic E-state index is 13.2. The number of nitrogens with zero attached hydrogens (tertiary/aromatic N) is 5. The van der Waals surface area contributed by atoms with E-state index in [1.807, 2.05) is 41.3 Å². The number of piperazine rings is 1. The van der Waals surface area contributed by atoms with Gasteiger partial charge in [0.05, 0.1) is 29.1 Å². The summed E-state index contributed by atoms with van der Waals surface area (Å²) >= 11 is 0. The van der Waals surface area contributed by atoms with E-state index in [1.165, 1.54) is 13.0 Å². The van der Waals surface area contributed by atoms with Crippen LogP contribution in [0.25, 0.3) is 11.1 Å². The van der Waals surface area contributed by atoms with Crippen LogP contribution in [0, 0.1) is 22.7 Å². The maximum Gasteiger partial charge on any atom is 0.419 e. The van der Waals surface area contributed by atoms with E-state index in [0.29, 0.717) is 37.8 Å². The van der Waals surface area contributed by atoms with E-state index < -0.39 is 28.9 Å². The van der Waals surface area contributed by atoms with Crippen molar-refractivity contribution >= 4 is 17.3 Å². The van der Waals surface area contributed by atoms with E-state index in [1.54, 1.807) is 12.1 Å². The molecule has 200 valence electrons. The SMILES string of the molecule is C[C@](O)(CN1CCN(c2ccc(-c3ccc(C#N)cc3)cc2)CC1)C(=O)Nc1cnc(C#N)c(C(F)(F)F)c1. The molecule has 39 heavy (non-hydrogen) atoms. The van der Waals surface area contributed by atoms with E-state index >= 15 is 0 Å². The fourth-order valence-electron chi connectivity index (χ4n) is 4.38. The highest BCUT2D eigenvalue weighted by Gasteiger charge is 2.37. The van der Waals surface area contributed by atoms with Gasteiger partial charge in [-0.2, -0.15) is 23.7 Å². The second-order valence-electron chi connectivity index (χ2n) is 9.46. The zero-order chi connectivity index (χ0) is 28.2. The van der Waals surface area contributed by atoms with Crippen molar-refractivity contribution in [3.8, 4) is 23.3 Å². The molecule has 2 aromatic carbocycles. The minimum absolute atomic E-state index is 0.0138. The molecule has 2 N–H and O–H groups in total. The second-order valence-corrected chi connectivity index (χ2v) is 9.46. The largest absolute Gasteiger partial charge is 0.419 e. The van der Waals surface area contributed by atoms with Crippen molar-refractivity contribution in [3.63, 3.8) is 0 Å². The molecular formula is C28H25F3N6O2. The lowest BCUT2D eigenvalue weighted by molar-refractivity contribution is -0.138. The van der Waals surface area contributed by atoms with Gasteiger partial charge in [-0.1, -0.05) is 24.3 Å². The van der Waals surface area contributed by atoms with Gasteiger partial charge >= 0.3 is 6.18 Å². The number of halogens is 3. The van der Waals surface area contributed by atoms with Crippen molar-refractivity contribution in [2.75, 3.05) is 42.9 Å². The maximum absolute atomic E-state index is 13.2. The highest BCUT2D eigenvalue weighted by molar-refractivity contribution is 5.97. The summed E-state index contributed by atoms with van der Waals surface area (Å²) in [7, 11) is 0. The van der Waals surface area contributed by atoms with E-state index in [2.05, 4.69) is 21.3 Å². The first-order valence-corrected chi connectivity index (χ1v) is 12.1. The van der Waals surface area contributed by atoms with Crippen LogP contribution in [0.2, 0.25) is 0 Å². The Morgan fingerprint density at radius 2 is 1.59 bits per heavy atom. The molecule has 4 rings (SSSR count). The van der Waals surface area contributed by atoms with Gasteiger partial charge < -0.3 is 15.3 Å². The summed E-state index contributed by atoms with van der Waals surface area (Å²) in [6, 6.07) is 19.6. The Bertz CT molecular complexity index is 1420. The second kappa shape index (κ2) is 11.1. The molecular weight excluding hydrogens is 509 g/mol. The van der Waals surface area contributed by atoms with Crippen LogP contribution in [0.3, 0.4) is 0 Å². The summed E-state index contributed by atoms with van der Waals surface area (Å²) in [5.74, 6) is -0.872. The Labute approximate surface area is 223 Å². The number of aromatic nitrogens is 1. The van der Waals surface area contributed by atoms with Crippen LogP contribution in [0.15, 0.2) is 60.8 Å². The number of amides is 1. The number of rotatable bonds is 6. The standard InChI is InChI=1S/C28H25F3N6O2/c1-27(39,26(38)35-22-14-24(28(29,30)31)25(16-33)34-17-22)18-36-10-12-37(13-11-36)23-8-6-21(7-9-23)20-4-2-19(15-32)3-5-20/h2-9,14,17,39H,10-13,18H2,1H3,(H,35,38)/t27-/m0/s1. The van der Waals surface area contributed by atoms with Gasteiger partial charge in [-0.15, -0.1) is 0 Å². The number of anilines is 2. The fourth-order valence-corrected chi connectivity index (χ4v) is 4.38. The molecule has 1 fully saturated rings. The van der Waals surface area contributed by atoms with Gasteiger partial charge in [0.1, 0.15) is 6.07 Å². The third-order valence-electron chi connectivity index (χ3n) is 6.53. The summed E-state index contributed by atoms with van der Waals surface area (Å²) < 4.78 is 39.6. The van der Waals surface area contributed by atoms with Crippen molar-refractivity contribution in [2.24, 2.45) is 0 Å². The average molecular weight is 535 g/mol. The molecule has 8 nitrogen and oxygen atoms in total. The number of benzene rings is 2. The number of carbonyl (C=O) groups is 1. The van der Waals surface area contributed by atoms with E-state index in [-0.39, 0.29) is 12.2 Å². The van der Waals surface area contributed by atoms with Crippen molar-refractivity contribution in [1.29, 1.82) is 10.5 Å². The van der Waals surface area contributed by atoms with E-state index in [4.69, 9.17) is 10.5 Å². The van der Waals surface area contributed by atoms with E-state index in [0.717, 1.165) is 23.0 Å². The Kier molecular flexibility index (Phi) is 7.86. The molecule has 1 saturated heterocycles. The predicted octanol–water partition coefficient (Wildman–Crippen LogP) is 4.02. The first-order valence-electron chi connectivity index (χ1n) is 12.1. The fraction of sp³-hybridized carbons (Fsp3) is 0.286. The lowest BCUT2D eigenvalue weighted by atomic mass is 10.0. The van der Waals surface area contributed by atoms with Gasteiger partial charge in [0.25, 0.3) is 5.91 Å². The molecule has 1 atom stereocenters. The first-order chi connectivity index (χ1) is 18.5. The van der Waals surface area contributed by atoms with Gasteiger partial charge in [-0.3, -0.25) is 9.69 Å². The third kappa shape index (κ3) is 6.52. The monoisotopic (exact) mass is 534 g/mol. The Morgan fingerprint density at radius 1 is 1.00 bits per heavy atom. The van der Waals surface area contributed by atoms with Crippen molar-refractivity contribution < 1.29 is 23.1 Å². The molecule has 1 amide bonds. The summed E-state index contributed by atoms with van der Waals surface area (Å²) in [5.41, 5.74) is -0.520. The summed E-state index contributed by atoms with van der Waals surface area (Å²) in [6.45, 7) is 3.73. The van der Waals surface area contributed by atoms with Gasteiger partial charge in [-0.05, 0) is 48.4 Å². The third-order valence-corrected chi connectivity index (χ3v) is 6.53. The van der Waals surface area contributed by atoms with Crippen LogP contribution < -0.4 is 10.2 Å². The van der Waals surface area contributed by atoms with Crippen LogP contribution in [0.1, 0.15) is 23.7 Å². The molecule has 1 aliphatic rings. The minimum Gasteiger partial charge on any atom is -0.379 e. The van der Waals surface area contributed by atoms with Gasteiger partial charge in [0.15, 0.2) is 11.3 Å². The molecule has 1 aromatic heterocycles. The summed E-state index contributed by atoms with van der Waals surface area (Å²) in [4.78, 5) is 20.3. The molecule has 11 heteroatoms. The number of hydrogen-bond donors (Lipinski definition) is 2. The van der Waals surface area contributed by atoms with Crippen molar-refractivity contribution in [3.05, 3.63) is 77.6 Å². The van der Waals surface area contributed by atoms with Crippen LogP contribution in [-0.4, -0.2) is 59.2 Å². The van der Waals surface area contributed by atoms with Gasteiger partial charge in [-0.25, -0.2) is 4.98 Å². The first kappa shape index (κ1) is 27.6. The highest BCUT2D eigenvalue weighted by atomic mass is 19.4. The molecule has 0 saturated carbocycles. The summed E-state index contributed by atoms with van der Waals surface area (Å²) in [6.07, 6.45) is -3.86. The number of β-amino-alcohol motifs (C(OH)–C–C–N with tert-alkyl or cyclic N) is 1. The van der Waals surface area contributed by atoms with Crippen LogP contribution in [0.5, 0.6) is 0 Å².